The van der Waals surface area contributed by atoms with Crippen molar-refractivity contribution in [1.82, 2.24) is 4.90 Å². The number of carbonyl (C=O) groups excluding carboxylic acids is 1. The van der Waals surface area contributed by atoms with Crippen molar-refractivity contribution in [3.8, 4) is 6.07 Å². The fraction of sp³-hybridized carbons (Fsp3) is 0.750. The van der Waals surface area contributed by atoms with Gasteiger partial charge in [-0.25, -0.2) is 8.42 Å². The fourth-order valence-electron chi connectivity index (χ4n) is 0.888. The van der Waals surface area contributed by atoms with Gasteiger partial charge in [0.05, 0.1) is 12.0 Å². The molecule has 0 fully saturated rings. The molecule has 0 aliphatic heterocycles. The topological polar surface area (TPSA) is 78.2 Å². The molecule has 6 heteroatoms. The van der Waals surface area contributed by atoms with Crippen LogP contribution in [-0.2, 0) is 14.6 Å². The van der Waals surface area contributed by atoms with Crippen LogP contribution in [0.5, 0.6) is 0 Å². The van der Waals surface area contributed by atoms with Gasteiger partial charge in [0.2, 0.25) is 5.91 Å². The summed E-state index contributed by atoms with van der Waals surface area (Å²) in [5, 5.41) is 8.49. The molecule has 0 aromatic rings. The molecule has 0 aliphatic rings. The van der Waals surface area contributed by atoms with E-state index in [-0.39, 0.29) is 12.5 Å². The minimum absolute atomic E-state index is 0.255. The van der Waals surface area contributed by atoms with Gasteiger partial charge in [0.1, 0.15) is 5.75 Å². The molecule has 0 radical (unpaired) electrons. The molecule has 80 valence electrons. The lowest BCUT2D eigenvalue weighted by Crippen LogP contribution is -2.34. The number of sulfone groups is 1. The number of hydrogen-bond donors (Lipinski definition) is 0. The summed E-state index contributed by atoms with van der Waals surface area (Å²) in [7, 11) is -1.80. The maximum Gasteiger partial charge on any atom is 0.237 e. The first kappa shape index (κ1) is 12.9. The first-order valence-corrected chi connectivity index (χ1v) is 6.13. The van der Waals surface area contributed by atoms with Crippen LogP contribution < -0.4 is 0 Å². The minimum atomic E-state index is -3.29. The number of nitrogens with zero attached hydrogens (tertiary/aromatic N) is 2. The summed E-state index contributed by atoms with van der Waals surface area (Å²) in [6, 6.07) is 1.97. The molecule has 0 N–H and O–H groups in total. The van der Waals surface area contributed by atoms with Gasteiger partial charge < -0.3 is 4.90 Å². The van der Waals surface area contributed by atoms with Gasteiger partial charge in [0, 0.05) is 19.8 Å². The predicted molar refractivity (Wildman–Crippen MR) is 52.1 cm³/mol. The van der Waals surface area contributed by atoms with Crippen molar-refractivity contribution >= 4 is 15.7 Å². The summed E-state index contributed by atoms with van der Waals surface area (Å²) in [6.45, 7) is 1.93. The number of rotatable bonds is 4. The van der Waals surface area contributed by atoms with Gasteiger partial charge in [-0.05, 0) is 6.92 Å². The smallest absolute Gasteiger partial charge is 0.237 e. The second kappa shape index (κ2) is 4.96. The highest BCUT2D eigenvalue weighted by atomic mass is 32.2. The first-order chi connectivity index (χ1) is 6.26. The number of amides is 1. The highest BCUT2D eigenvalue weighted by Gasteiger charge is 2.16. The summed E-state index contributed by atoms with van der Waals surface area (Å²) >= 11 is 0. The molecule has 5 nitrogen and oxygen atoms in total. The molecule has 1 amide bonds. The quantitative estimate of drug-likeness (QED) is 0.646. The third kappa shape index (κ3) is 5.54. The molecule has 0 aromatic carbocycles. The van der Waals surface area contributed by atoms with E-state index >= 15 is 0 Å². The normalized spacial score (nSPS) is 13.0. The molecule has 1 atom stereocenters. The Morgan fingerprint density at radius 3 is 2.43 bits per heavy atom. The van der Waals surface area contributed by atoms with Crippen LogP contribution in [0.1, 0.15) is 6.92 Å². The van der Waals surface area contributed by atoms with Crippen molar-refractivity contribution < 1.29 is 13.2 Å². The summed E-state index contributed by atoms with van der Waals surface area (Å²) in [4.78, 5) is 12.5. The SMILES string of the molecule is CC(C#N)CN(C)C(=O)CS(C)(=O)=O. The third-order valence-electron chi connectivity index (χ3n) is 1.58. The van der Waals surface area contributed by atoms with E-state index < -0.39 is 21.5 Å². The van der Waals surface area contributed by atoms with Crippen LogP contribution in [0.2, 0.25) is 0 Å². The zero-order valence-corrected chi connectivity index (χ0v) is 9.34. The average Bonchev–Trinajstić information content (AvgIpc) is 2.00. The lowest BCUT2D eigenvalue weighted by molar-refractivity contribution is -0.127. The Morgan fingerprint density at radius 2 is 2.07 bits per heavy atom. The van der Waals surface area contributed by atoms with Crippen LogP contribution >= 0.6 is 0 Å². The van der Waals surface area contributed by atoms with E-state index in [1.54, 1.807) is 6.92 Å². The summed E-state index contributed by atoms with van der Waals surface area (Å²) < 4.78 is 21.6. The molecular formula is C8H14N2O3S. The number of hydrogen-bond acceptors (Lipinski definition) is 4. The second-order valence-corrected chi connectivity index (χ2v) is 5.51. The molecule has 0 heterocycles. The zero-order chi connectivity index (χ0) is 11.4. The predicted octanol–water partition coefficient (Wildman–Crippen LogP) is -0.351. The zero-order valence-electron chi connectivity index (χ0n) is 8.52. The van der Waals surface area contributed by atoms with Gasteiger partial charge in [-0.3, -0.25) is 4.79 Å². The van der Waals surface area contributed by atoms with Gasteiger partial charge in [0.25, 0.3) is 0 Å². The van der Waals surface area contributed by atoms with Gasteiger partial charge in [-0.15, -0.1) is 0 Å². The fourth-order valence-corrected chi connectivity index (χ4v) is 1.56. The molecule has 0 aliphatic carbocycles. The molecular weight excluding hydrogens is 204 g/mol. The third-order valence-corrected chi connectivity index (χ3v) is 2.35. The summed E-state index contributed by atoms with van der Waals surface area (Å²) in [5.41, 5.74) is 0. The standard InChI is InChI=1S/C8H14N2O3S/c1-7(4-9)5-10(2)8(11)6-14(3,12)13/h7H,5-6H2,1-3H3. The Balaban J connectivity index is 4.22. The molecule has 1 unspecified atom stereocenters. The van der Waals surface area contributed by atoms with Crippen molar-refractivity contribution in [3.05, 3.63) is 0 Å². The molecule has 0 saturated heterocycles. The summed E-state index contributed by atoms with van der Waals surface area (Å²) in [6.07, 6.45) is 1.01. The van der Waals surface area contributed by atoms with Crippen molar-refractivity contribution in [2.45, 2.75) is 6.92 Å². The number of carbonyl (C=O) groups is 1. The number of nitriles is 1. The van der Waals surface area contributed by atoms with Gasteiger partial charge in [-0.1, -0.05) is 0 Å². The van der Waals surface area contributed by atoms with Crippen molar-refractivity contribution in [3.63, 3.8) is 0 Å². The minimum Gasteiger partial charge on any atom is -0.344 e. The molecule has 0 spiro atoms. The van der Waals surface area contributed by atoms with E-state index in [1.807, 2.05) is 6.07 Å². The maximum absolute atomic E-state index is 11.2. The van der Waals surface area contributed by atoms with Crippen molar-refractivity contribution in [2.75, 3.05) is 25.6 Å². The highest BCUT2D eigenvalue weighted by Crippen LogP contribution is 1.97. The Hall–Kier alpha value is -1.09. The van der Waals surface area contributed by atoms with Gasteiger partial charge in [-0.2, -0.15) is 5.26 Å². The van der Waals surface area contributed by atoms with Crippen LogP contribution in [0, 0.1) is 17.2 Å². The lowest BCUT2D eigenvalue weighted by atomic mass is 10.2. The van der Waals surface area contributed by atoms with E-state index in [0.717, 1.165) is 6.26 Å². The lowest BCUT2D eigenvalue weighted by Gasteiger charge is -2.17. The Kier molecular flexibility index (Phi) is 4.57. The maximum atomic E-state index is 11.2. The molecule has 0 aromatic heterocycles. The van der Waals surface area contributed by atoms with Crippen molar-refractivity contribution in [1.29, 1.82) is 5.26 Å². The van der Waals surface area contributed by atoms with E-state index in [2.05, 4.69) is 0 Å². The highest BCUT2D eigenvalue weighted by molar-refractivity contribution is 7.91. The Labute approximate surface area is 84.2 Å². The average molecular weight is 218 g/mol. The molecule has 0 rings (SSSR count). The monoisotopic (exact) mass is 218 g/mol. The molecule has 0 bridgehead atoms. The van der Waals surface area contributed by atoms with Crippen LogP contribution in [0.25, 0.3) is 0 Å². The van der Waals surface area contributed by atoms with Crippen LogP contribution in [-0.4, -0.2) is 44.8 Å². The van der Waals surface area contributed by atoms with E-state index in [0.29, 0.717) is 0 Å². The van der Waals surface area contributed by atoms with Gasteiger partial charge >= 0.3 is 0 Å². The van der Waals surface area contributed by atoms with E-state index in [1.165, 1.54) is 11.9 Å². The second-order valence-electron chi connectivity index (χ2n) is 3.37. The van der Waals surface area contributed by atoms with Gasteiger partial charge in [0.15, 0.2) is 9.84 Å². The first-order valence-electron chi connectivity index (χ1n) is 4.07. The van der Waals surface area contributed by atoms with E-state index in [9.17, 15) is 13.2 Å². The Bertz CT molecular complexity index is 342. The van der Waals surface area contributed by atoms with Crippen LogP contribution in [0.15, 0.2) is 0 Å². The Morgan fingerprint density at radius 1 is 1.57 bits per heavy atom. The van der Waals surface area contributed by atoms with Crippen molar-refractivity contribution in [2.24, 2.45) is 5.92 Å². The molecule has 0 saturated carbocycles. The summed E-state index contributed by atoms with van der Waals surface area (Å²) in [5.74, 6) is -1.26. The molecule has 14 heavy (non-hydrogen) atoms. The van der Waals surface area contributed by atoms with Crippen LogP contribution in [0.4, 0.5) is 0 Å². The van der Waals surface area contributed by atoms with E-state index in [4.69, 9.17) is 5.26 Å². The van der Waals surface area contributed by atoms with Crippen LogP contribution in [0.3, 0.4) is 0 Å². The largest absolute Gasteiger partial charge is 0.344 e.